The number of ether oxygens (including phenoxy) is 1. The van der Waals surface area contributed by atoms with Crippen molar-refractivity contribution in [2.45, 2.75) is 13.8 Å². The maximum Gasteiger partial charge on any atom is 0.136 e. The van der Waals surface area contributed by atoms with Crippen LogP contribution in [0.2, 0.25) is 0 Å². The van der Waals surface area contributed by atoms with E-state index in [0.717, 1.165) is 28.9 Å². The van der Waals surface area contributed by atoms with Crippen molar-refractivity contribution in [1.82, 2.24) is 9.97 Å². The normalized spacial score (nSPS) is 10.1. The number of nitrogens with one attached hydrogen (secondary N) is 2. The lowest BCUT2D eigenvalue weighted by Crippen LogP contribution is -2.01. The molecule has 0 aliphatic carbocycles. The molecule has 2 N–H and O–H groups in total. The van der Waals surface area contributed by atoms with E-state index in [1.165, 1.54) is 0 Å². The molecular weight excluding hydrogens is 240 g/mol. The average Bonchev–Trinajstić information content (AvgIpc) is 2.40. The van der Waals surface area contributed by atoms with E-state index in [4.69, 9.17) is 4.74 Å². The molecule has 0 unspecified atom stereocenters. The Labute approximate surface area is 113 Å². The molecule has 1 aromatic heterocycles. The van der Waals surface area contributed by atoms with Crippen LogP contribution in [0.4, 0.5) is 17.3 Å². The number of nitrogens with zero attached hydrogens (tertiary/aromatic N) is 2. The van der Waals surface area contributed by atoms with Crippen molar-refractivity contribution in [2.75, 3.05) is 24.3 Å². The van der Waals surface area contributed by atoms with Crippen LogP contribution in [0.3, 0.4) is 0 Å². The van der Waals surface area contributed by atoms with Crippen LogP contribution in [-0.2, 0) is 0 Å². The fourth-order valence-corrected chi connectivity index (χ4v) is 1.71. The highest BCUT2D eigenvalue weighted by atomic mass is 16.5. The van der Waals surface area contributed by atoms with Gasteiger partial charge < -0.3 is 15.4 Å². The van der Waals surface area contributed by atoms with E-state index in [-0.39, 0.29) is 0 Å². The third-order valence-corrected chi connectivity index (χ3v) is 2.53. The van der Waals surface area contributed by atoms with E-state index in [1.807, 2.05) is 51.2 Å². The molecule has 100 valence electrons. The van der Waals surface area contributed by atoms with Crippen molar-refractivity contribution in [3.8, 4) is 5.75 Å². The summed E-state index contributed by atoms with van der Waals surface area (Å²) in [6.45, 7) is 4.50. The maximum atomic E-state index is 5.40. The van der Waals surface area contributed by atoms with E-state index in [9.17, 15) is 0 Å². The number of hydrogen-bond acceptors (Lipinski definition) is 5. The summed E-state index contributed by atoms with van der Waals surface area (Å²) in [5.74, 6) is 3.14. The Balaban J connectivity index is 2.14. The lowest BCUT2D eigenvalue weighted by Gasteiger charge is -2.09. The van der Waals surface area contributed by atoms with Crippen molar-refractivity contribution in [3.05, 3.63) is 36.2 Å². The second kappa shape index (κ2) is 6.04. The van der Waals surface area contributed by atoms with E-state index in [1.54, 1.807) is 0 Å². The molecule has 0 bridgehead atoms. The minimum atomic E-state index is 0.670. The zero-order valence-corrected chi connectivity index (χ0v) is 11.4. The molecule has 1 heterocycles. The maximum absolute atomic E-state index is 5.40. The summed E-state index contributed by atoms with van der Waals surface area (Å²) in [6, 6.07) is 9.64. The van der Waals surface area contributed by atoms with E-state index >= 15 is 0 Å². The zero-order valence-electron chi connectivity index (χ0n) is 11.4. The van der Waals surface area contributed by atoms with Crippen LogP contribution >= 0.6 is 0 Å². The van der Waals surface area contributed by atoms with Crippen molar-refractivity contribution >= 4 is 17.3 Å². The molecule has 2 aromatic rings. The van der Waals surface area contributed by atoms with Gasteiger partial charge in [0.2, 0.25) is 0 Å². The van der Waals surface area contributed by atoms with Crippen LogP contribution in [0.25, 0.3) is 0 Å². The molecule has 5 nitrogen and oxygen atoms in total. The number of anilines is 3. The van der Waals surface area contributed by atoms with Crippen LogP contribution in [-0.4, -0.2) is 23.6 Å². The number of rotatable bonds is 5. The molecule has 0 saturated carbocycles. The Bertz CT molecular complexity index is 540. The smallest absolute Gasteiger partial charge is 0.136 e. The molecule has 0 spiro atoms. The predicted octanol–water partition coefficient (Wildman–Crippen LogP) is 2.97. The third kappa shape index (κ3) is 3.58. The first kappa shape index (κ1) is 13.1. The Kier molecular flexibility index (Phi) is 4.18. The van der Waals surface area contributed by atoms with Crippen molar-refractivity contribution in [2.24, 2.45) is 0 Å². The van der Waals surface area contributed by atoms with Gasteiger partial charge in [-0.15, -0.1) is 0 Å². The minimum Gasteiger partial charge on any atom is -0.494 e. The van der Waals surface area contributed by atoms with Gasteiger partial charge in [0.15, 0.2) is 0 Å². The SMILES string of the molecule is CCOc1ccc(Nc2cc(NC)nc(C)n2)cc1. The van der Waals surface area contributed by atoms with Crippen LogP contribution in [0.15, 0.2) is 30.3 Å². The molecular formula is C14H18N4O. The topological polar surface area (TPSA) is 59.1 Å². The molecule has 1 aromatic carbocycles. The van der Waals surface area contributed by atoms with E-state index in [0.29, 0.717) is 6.61 Å². The zero-order chi connectivity index (χ0) is 13.7. The summed E-state index contributed by atoms with van der Waals surface area (Å²) in [5.41, 5.74) is 0.962. The monoisotopic (exact) mass is 258 g/mol. The largest absolute Gasteiger partial charge is 0.494 e. The average molecular weight is 258 g/mol. The summed E-state index contributed by atoms with van der Waals surface area (Å²) in [4.78, 5) is 8.59. The first-order valence-electron chi connectivity index (χ1n) is 6.24. The van der Waals surface area contributed by atoms with Gasteiger partial charge in [-0.2, -0.15) is 0 Å². The molecule has 0 fully saturated rings. The minimum absolute atomic E-state index is 0.670. The molecule has 0 aliphatic heterocycles. The Hall–Kier alpha value is -2.30. The number of benzene rings is 1. The Morgan fingerprint density at radius 1 is 1.11 bits per heavy atom. The quantitative estimate of drug-likeness (QED) is 0.863. The third-order valence-electron chi connectivity index (χ3n) is 2.53. The highest BCUT2D eigenvalue weighted by Gasteiger charge is 2.01. The molecule has 0 atom stereocenters. The first-order valence-corrected chi connectivity index (χ1v) is 6.24. The van der Waals surface area contributed by atoms with Gasteiger partial charge >= 0.3 is 0 Å². The summed E-state index contributed by atoms with van der Waals surface area (Å²) in [7, 11) is 1.84. The Morgan fingerprint density at radius 3 is 2.42 bits per heavy atom. The summed E-state index contributed by atoms with van der Waals surface area (Å²) < 4.78 is 5.40. The van der Waals surface area contributed by atoms with Crippen LogP contribution in [0, 0.1) is 6.92 Å². The van der Waals surface area contributed by atoms with Gasteiger partial charge in [-0.3, -0.25) is 0 Å². The molecule has 5 heteroatoms. The Morgan fingerprint density at radius 2 is 1.79 bits per heavy atom. The van der Waals surface area contributed by atoms with Gasteiger partial charge in [0.05, 0.1) is 6.61 Å². The standard InChI is InChI=1S/C14H18N4O/c1-4-19-12-7-5-11(6-8-12)18-14-9-13(15-3)16-10(2)17-14/h5-9H,4H2,1-3H3,(H2,15,16,17,18). The van der Waals surface area contributed by atoms with Crippen molar-refractivity contribution in [1.29, 1.82) is 0 Å². The first-order chi connectivity index (χ1) is 9.21. The molecule has 0 aliphatic rings. The lowest BCUT2D eigenvalue weighted by atomic mass is 10.3. The molecule has 0 amide bonds. The highest BCUT2D eigenvalue weighted by molar-refractivity contribution is 5.59. The second-order valence-electron chi connectivity index (χ2n) is 4.02. The molecule has 2 rings (SSSR count). The van der Waals surface area contributed by atoms with Crippen LogP contribution in [0.5, 0.6) is 5.75 Å². The van der Waals surface area contributed by atoms with Gasteiger partial charge in [-0.1, -0.05) is 0 Å². The van der Waals surface area contributed by atoms with Crippen LogP contribution in [0.1, 0.15) is 12.7 Å². The fraction of sp³-hybridized carbons (Fsp3) is 0.286. The second-order valence-corrected chi connectivity index (χ2v) is 4.02. The van der Waals surface area contributed by atoms with E-state index in [2.05, 4.69) is 20.6 Å². The highest BCUT2D eigenvalue weighted by Crippen LogP contribution is 2.20. The van der Waals surface area contributed by atoms with Crippen molar-refractivity contribution < 1.29 is 4.74 Å². The predicted molar refractivity (Wildman–Crippen MR) is 77.2 cm³/mol. The van der Waals surface area contributed by atoms with Gasteiger partial charge in [0, 0.05) is 18.8 Å². The van der Waals surface area contributed by atoms with Gasteiger partial charge in [0.25, 0.3) is 0 Å². The number of hydrogen-bond donors (Lipinski definition) is 2. The molecule has 0 radical (unpaired) electrons. The summed E-state index contributed by atoms with van der Waals surface area (Å²) in [5, 5.41) is 6.25. The van der Waals surface area contributed by atoms with Crippen LogP contribution < -0.4 is 15.4 Å². The summed E-state index contributed by atoms with van der Waals surface area (Å²) >= 11 is 0. The van der Waals surface area contributed by atoms with Gasteiger partial charge in [-0.05, 0) is 38.1 Å². The van der Waals surface area contributed by atoms with Gasteiger partial charge in [0.1, 0.15) is 23.2 Å². The van der Waals surface area contributed by atoms with Crippen molar-refractivity contribution in [3.63, 3.8) is 0 Å². The fourth-order valence-electron chi connectivity index (χ4n) is 1.71. The number of aromatic nitrogens is 2. The lowest BCUT2D eigenvalue weighted by molar-refractivity contribution is 0.340. The van der Waals surface area contributed by atoms with E-state index < -0.39 is 0 Å². The number of aryl methyl sites for hydroxylation is 1. The van der Waals surface area contributed by atoms with Gasteiger partial charge in [-0.25, -0.2) is 9.97 Å². The summed E-state index contributed by atoms with van der Waals surface area (Å²) in [6.07, 6.45) is 0. The molecule has 19 heavy (non-hydrogen) atoms. The molecule has 0 saturated heterocycles.